The van der Waals surface area contributed by atoms with Crippen LogP contribution in [0.1, 0.15) is 30.2 Å². The number of carbonyl (C=O) groups excluding carboxylic acids is 1. The van der Waals surface area contributed by atoms with Gasteiger partial charge in [0.1, 0.15) is 6.61 Å². The molecule has 1 aliphatic heterocycles. The first kappa shape index (κ1) is 16.2. The molecule has 1 saturated heterocycles. The van der Waals surface area contributed by atoms with Crippen molar-refractivity contribution in [1.29, 1.82) is 0 Å². The largest absolute Gasteiger partial charge is 0.423 e. The lowest BCUT2D eigenvalue weighted by Gasteiger charge is -2.50. The van der Waals surface area contributed by atoms with Gasteiger partial charge in [0.15, 0.2) is 0 Å². The van der Waals surface area contributed by atoms with E-state index in [1.165, 1.54) is 0 Å². The molecule has 2 fully saturated rings. The molecule has 7 heteroatoms. The molecule has 25 heavy (non-hydrogen) atoms. The van der Waals surface area contributed by atoms with Gasteiger partial charge in [0.25, 0.3) is 0 Å². The third-order valence-electron chi connectivity index (χ3n) is 5.05. The van der Waals surface area contributed by atoms with Gasteiger partial charge in [-0.1, -0.05) is 30.3 Å². The van der Waals surface area contributed by atoms with Gasteiger partial charge in [-0.05, 0) is 18.4 Å². The van der Waals surface area contributed by atoms with E-state index in [4.69, 9.17) is 9.15 Å². The second-order valence-electron chi connectivity index (χ2n) is 6.87. The van der Waals surface area contributed by atoms with Crippen molar-refractivity contribution in [2.75, 3.05) is 13.1 Å². The molecule has 1 N–H and O–H groups in total. The van der Waals surface area contributed by atoms with Crippen LogP contribution >= 0.6 is 0 Å². The number of rotatable bonds is 5. The van der Waals surface area contributed by atoms with Gasteiger partial charge in [-0.2, -0.15) is 0 Å². The van der Waals surface area contributed by atoms with E-state index in [9.17, 15) is 9.90 Å². The van der Waals surface area contributed by atoms with Gasteiger partial charge in [0.2, 0.25) is 17.7 Å². The molecule has 132 valence electrons. The fourth-order valence-corrected chi connectivity index (χ4v) is 3.63. The summed E-state index contributed by atoms with van der Waals surface area (Å²) < 4.78 is 11.0. The number of amides is 1. The summed E-state index contributed by atoms with van der Waals surface area (Å²) >= 11 is 0. The van der Waals surface area contributed by atoms with E-state index >= 15 is 0 Å². The summed E-state index contributed by atoms with van der Waals surface area (Å²) in [6.45, 7) is 3.10. The number of aliphatic hydroxyl groups is 1. The summed E-state index contributed by atoms with van der Waals surface area (Å²) in [5, 5.41) is 17.5. The maximum absolute atomic E-state index is 13.0. The van der Waals surface area contributed by atoms with Gasteiger partial charge in [0, 0.05) is 20.0 Å². The Morgan fingerprint density at radius 2 is 2.04 bits per heavy atom. The number of carbonyl (C=O) groups is 1. The van der Waals surface area contributed by atoms with Crippen molar-refractivity contribution < 1.29 is 19.1 Å². The van der Waals surface area contributed by atoms with Crippen LogP contribution in [0.4, 0.5) is 0 Å². The summed E-state index contributed by atoms with van der Waals surface area (Å²) in [4.78, 5) is 14.8. The Hall–Kier alpha value is -2.25. The van der Waals surface area contributed by atoms with Crippen LogP contribution in [0.15, 0.2) is 34.7 Å². The molecule has 1 amide bonds. The maximum atomic E-state index is 13.0. The number of aliphatic hydroxyl groups excluding tert-OH is 1. The van der Waals surface area contributed by atoms with E-state index in [2.05, 4.69) is 10.2 Å². The Balaban J connectivity index is 1.35. The normalized spacial score (nSPS) is 26.2. The van der Waals surface area contributed by atoms with Crippen molar-refractivity contribution in [3.63, 3.8) is 0 Å². The van der Waals surface area contributed by atoms with Crippen molar-refractivity contribution in [3.8, 4) is 0 Å². The second-order valence-corrected chi connectivity index (χ2v) is 6.87. The number of nitrogens with zero attached hydrogens (tertiary/aromatic N) is 3. The van der Waals surface area contributed by atoms with Gasteiger partial charge in [0.05, 0.1) is 17.6 Å². The number of hydrogen-bond acceptors (Lipinski definition) is 6. The highest BCUT2D eigenvalue weighted by Crippen LogP contribution is 2.46. The number of aromatic nitrogens is 2. The molecule has 1 aromatic heterocycles. The lowest BCUT2D eigenvalue weighted by molar-refractivity contribution is -0.160. The zero-order valence-corrected chi connectivity index (χ0v) is 14.1. The number of ether oxygens (including phenoxy) is 1. The monoisotopic (exact) mass is 343 g/mol. The van der Waals surface area contributed by atoms with Crippen molar-refractivity contribution in [2.24, 2.45) is 0 Å². The fourth-order valence-electron chi connectivity index (χ4n) is 3.63. The lowest BCUT2D eigenvalue weighted by atomic mass is 9.61. The third-order valence-corrected chi connectivity index (χ3v) is 5.05. The van der Waals surface area contributed by atoms with Gasteiger partial charge in [-0.3, -0.25) is 4.79 Å². The summed E-state index contributed by atoms with van der Waals surface area (Å²) in [6.07, 6.45) is 0.547. The Labute approximate surface area is 145 Å². The molecule has 0 spiro atoms. The summed E-state index contributed by atoms with van der Waals surface area (Å²) in [6, 6.07) is 9.74. The summed E-state index contributed by atoms with van der Waals surface area (Å²) in [5.74, 6) is 1.04. The molecule has 0 bridgehead atoms. The molecule has 0 radical (unpaired) electrons. The van der Waals surface area contributed by atoms with E-state index in [0.29, 0.717) is 37.7 Å². The fraction of sp³-hybridized carbons (Fsp3) is 0.500. The van der Waals surface area contributed by atoms with E-state index in [1.54, 1.807) is 6.92 Å². The Morgan fingerprint density at radius 1 is 1.32 bits per heavy atom. The van der Waals surface area contributed by atoms with Gasteiger partial charge >= 0.3 is 0 Å². The third kappa shape index (κ3) is 2.94. The van der Waals surface area contributed by atoms with E-state index in [1.807, 2.05) is 35.2 Å². The lowest BCUT2D eigenvalue weighted by Crippen LogP contribution is -2.63. The number of aryl methyl sites for hydroxylation is 1. The van der Waals surface area contributed by atoms with Crippen LogP contribution in [-0.4, -0.2) is 51.4 Å². The number of benzene rings is 1. The smallest absolute Gasteiger partial charge is 0.242 e. The van der Waals surface area contributed by atoms with Gasteiger partial charge in [-0.15, -0.1) is 10.2 Å². The first-order valence-electron chi connectivity index (χ1n) is 8.50. The topological polar surface area (TPSA) is 88.7 Å². The maximum Gasteiger partial charge on any atom is 0.242 e. The van der Waals surface area contributed by atoms with E-state index in [0.717, 1.165) is 5.56 Å². The predicted octanol–water partition coefficient (Wildman–Crippen LogP) is 1.20. The minimum Gasteiger partial charge on any atom is -0.423 e. The van der Waals surface area contributed by atoms with E-state index in [-0.39, 0.29) is 18.6 Å². The number of likely N-dealkylation sites (tertiary alicyclic amines) is 1. The number of hydrogen-bond donors (Lipinski definition) is 1. The molecule has 1 saturated carbocycles. The highest BCUT2D eigenvalue weighted by atomic mass is 16.5. The molecule has 0 unspecified atom stereocenters. The molecular formula is C18H21N3O4. The quantitative estimate of drug-likeness (QED) is 0.877. The Kier molecular flexibility index (Phi) is 4.05. The van der Waals surface area contributed by atoms with E-state index < -0.39 is 11.5 Å². The van der Waals surface area contributed by atoms with Crippen LogP contribution < -0.4 is 0 Å². The van der Waals surface area contributed by atoms with Crippen molar-refractivity contribution in [3.05, 3.63) is 47.7 Å². The average molecular weight is 343 g/mol. The van der Waals surface area contributed by atoms with Crippen molar-refractivity contribution in [2.45, 2.75) is 44.0 Å². The molecule has 2 aromatic rings. The predicted molar refractivity (Wildman–Crippen MR) is 87.6 cm³/mol. The zero-order chi connectivity index (χ0) is 17.4. The molecule has 4 rings (SSSR count). The van der Waals surface area contributed by atoms with Crippen LogP contribution in [0.5, 0.6) is 0 Å². The van der Waals surface area contributed by atoms with Crippen LogP contribution in [-0.2, 0) is 21.6 Å². The van der Waals surface area contributed by atoms with Crippen molar-refractivity contribution >= 4 is 5.91 Å². The second kappa shape index (κ2) is 6.24. The van der Waals surface area contributed by atoms with Gasteiger partial charge in [-0.25, -0.2) is 0 Å². The molecule has 2 aliphatic rings. The summed E-state index contributed by atoms with van der Waals surface area (Å²) in [5.41, 5.74) is 0.394. The highest BCUT2D eigenvalue weighted by Gasteiger charge is 2.54. The standard InChI is InChI=1S/C18H21N3O4/c1-12-19-20-16(25-12)11-24-15-9-21(10-15)17(23)18(7-14(22)8-18)13-5-3-2-4-6-13/h2-6,14-15,22H,7-11H2,1H3. The SMILES string of the molecule is Cc1nnc(COC2CN(C(=O)C3(c4ccccc4)CC(O)C3)C2)o1. The minimum absolute atomic E-state index is 0.0195. The Bertz CT molecular complexity index is 749. The highest BCUT2D eigenvalue weighted by molar-refractivity contribution is 5.90. The van der Waals surface area contributed by atoms with Crippen molar-refractivity contribution in [1.82, 2.24) is 15.1 Å². The molecular weight excluding hydrogens is 322 g/mol. The van der Waals surface area contributed by atoms with Crippen LogP contribution in [0, 0.1) is 6.92 Å². The zero-order valence-electron chi connectivity index (χ0n) is 14.1. The minimum atomic E-state index is -0.588. The molecule has 0 atom stereocenters. The first-order chi connectivity index (χ1) is 12.1. The molecule has 7 nitrogen and oxygen atoms in total. The van der Waals surface area contributed by atoms with Crippen LogP contribution in [0.3, 0.4) is 0 Å². The summed E-state index contributed by atoms with van der Waals surface area (Å²) in [7, 11) is 0. The molecule has 2 heterocycles. The molecule has 1 aliphatic carbocycles. The average Bonchev–Trinajstić information content (AvgIpc) is 2.96. The van der Waals surface area contributed by atoms with Crippen LogP contribution in [0.25, 0.3) is 0 Å². The van der Waals surface area contributed by atoms with Gasteiger partial charge < -0.3 is 19.2 Å². The Morgan fingerprint density at radius 3 is 2.64 bits per heavy atom. The molecule has 1 aromatic carbocycles. The van der Waals surface area contributed by atoms with Crippen LogP contribution in [0.2, 0.25) is 0 Å². The first-order valence-corrected chi connectivity index (χ1v) is 8.50.